The standard InChI is InChI=1S/C11H17N4O2S/c16-15(17)10-3-5-13-11(10)12-4-1-2-6-14-7-8-18-9-14/h7-9,12-13H,1-6H2/q+1. The lowest BCUT2D eigenvalue weighted by atomic mass is 10.3. The van der Waals surface area contributed by atoms with E-state index in [1.165, 1.54) is 0 Å². The molecule has 0 aliphatic carbocycles. The second-order valence-corrected chi connectivity index (χ2v) is 4.91. The molecule has 0 unspecified atom stereocenters. The lowest BCUT2D eigenvalue weighted by molar-refractivity contribution is -0.692. The summed E-state index contributed by atoms with van der Waals surface area (Å²) >= 11 is 1.68. The molecular formula is C11H17N4O2S+. The smallest absolute Gasteiger partial charge is 0.287 e. The van der Waals surface area contributed by atoms with E-state index in [4.69, 9.17) is 0 Å². The summed E-state index contributed by atoms with van der Waals surface area (Å²) in [5, 5.41) is 18.9. The quantitative estimate of drug-likeness (QED) is 0.333. The Kier molecular flexibility index (Phi) is 4.52. The fraction of sp³-hybridized carbons (Fsp3) is 0.545. The number of hydrogen-bond donors (Lipinski definition) is 2. The number of thiazole rings is 1. The second-order valence-electron chi connectivity index (χ2n) is 4.15. The van der Waals surface area contributed by atoms with Gasteiger partial charge in [0.05, 0.1) is 16.7 Å². The number of aromatic nitrogens is 1. The van der Waals surface area contributed by atoms with Crippen molar-refractivity contribution in [3.05, 3.63) is 38.7 Å². The maximum absolute atomic E-state index is 10.7. The molecule has 6 nitrogen and oxygen atoms in total. The Morgan fingerprint density at radius 1 is 1.56 bits per heavy atom. The highest BCUT2D eigenvalue weighted by Gasteiger charge is 2.23. The summed E-state index contributed by atoms with van der Waals surface area (Å²) in [5.41, 5.74) is 2.36. The van der Waals surface area contributed by atoms with E-state index < -0.39 is 0 Å². The monoisotopic (exact) mass is 269 g/mol. The minimum Gasteiger partial charge on any atom is -0.367 e. The number of nitrogens with zero attached hydrogens (tertiary/aromatic N) is 2. The maximum atomic E-state index is 10.7. The van der Waals surface area contributed by atoms with Crippen LogP contribution in [0.5, 0.6) is 0 Å². The SMILES string of the molecule is O=[N+]([O-])C1=C(NCCCC[n+]2ccsc2)NCC1. The van der Waals surface area contributed by atoms with Crippen LogP contribution in [0.25, 0.3) is 0 Å². The third kappa shape index (κ3) is 3.43. The minimum absolute atomic E-state index is 0.280. The predicted octanol–water partition coefficient (Wildman–Crippen LogP) is 0.844. The van der Waals surface area contributed by atoms with Gasteiger partial charge < -0.3 is 10.6 Å². The van der Waals surface area contributed by atoms with Crippen LogP contribution in [-0.4, -0.2) is 18.0 Å². The third-order valence-electron chi connectivity index (χ3n) is 2.84. The Bertz CT molecular complexity index is 430. The van der Waals surface area contributed by atoms with Gasteiger partial charge in [-0.3, -0.25) is 10.1 Å². The molecule has 0 fully saturated rings. The molecule has 0 saturated carbocycles. The van der Waals surface area contributed by atoms with Gasteiger partial charge in [-0.1, -0.05) is 11.3 Å². The van der Waals surface area contributed by atoms with E-state index in [2.05, 4.69) is 32.3 Å². The van der Waals surface area contributed by atoms with Crippen LogP contribution in [0.3, 0.4) is 0 Å². The molecule has 1 aromatic rings. The van der Waals surface area contributed by atoms with Crippen molar-refractivity contribution in [2.45, 2.75) is 25.8 Å². The van der Waals surface area contributed by atoms with Gasteiger partial charge in [-0.15, -0.1) is 0 Å². The van der Waals surface area contributed by atoms with E-state index in [1.54, 1.807) is 11.3 Å². The first-order valence-corrected chi connectivity index (χ1v) is 6.98. The van der Waals surface area contributed by atoms with Crippen molar-refractivity contribution < 1.29 is 9.49 Å². The molecule has 1 aliphatic heterocycles. The molecule has 0 bridgehead atoms. The van der Waals surface area contributed by atoms with Crippen LogP contribution in [0.1, 0.15) is 19.3 Å². The van der Waals surface area contributed by atoms with Crippen molar-refractivity contribution in [2.24, 2.45) is 0 Å². The number of aryl methyl sites for hydroxylation is 1. The number of unbranched alkanes of at least 4 members (excludes halogenated alkanes) is 1. The average molecular weight is 269 g/mol. The van der Waals surface area contributed by atoms with E-state index in [0.717, 1.165) is 25.9 Å². The Morgan fingerprint density at radius 2 is 2.44 bits per heavy atom. The van der Waals surface area contributed by atoms with Gasteiger partial charge in [0.25, 0.3) is 5.70 Å². The van der Waals surface area contributed by atoms with Gasteiger partial charge in [0.1, 0.15) is 6.54 Å². The zero-order valence-corrected chi connectivity index (χ0v) is 10.9. The summed E-state index contributed by atoms with van der Waals surface area (Å²) in [6, 6.07) is 0. The molecule has 0 spiro atoms. The molecule has 2 rings (SSSR count). The van der Waals surface area contributed by atoms with E-state index in [9.17, 15) is 10.1 Å². The van der Waals surface area contributed by atoms with Gasteiger partial charge in [0.2, 0.25) is 5.51 Å². The zero-order valence-electron chi connectivity index (χ0n) is 10.1. The summed E-state index contributed by atoms with van der Waals surface area (Å²) in [6.07, 6.45) is 4.62. The van der Waals surface area contributed by atoms with Crippen molar-refractivity contribution in [3.8, 4) is 0 Å². The molecule has 0 radical (unpaired) electrons. The fourth-order valence-electron chi connectivity index (χ4n) is 1.90. The van der Waals surface area contributed by atoms with Crippen molar-refractivity contribution in [1.82, 2.24) is 10.6 Å². The zero-order chi connectivity index (χ0) is 12.8. The molecule has 2 heterocycles. The molecular weight excluding hydrogens is 252 g/mol. The predicted molar refractivity (Wildman–Crippen MR) is 68.4 cm³/mol. The summed E-state index contributed by atoms with van der Waals surface area (Å²) in [7, 11) is 0. The summed E-state index contributed by atoms with van der Waals surface area (Å²) < 4.78 is 2.15. The van der Waals surface area contributed by atoms with Crippen molar-refractivity contribution in [3.63, 3.8) is 0 Å². The van der Waals surface area contributed by atoms with Crippen LogP contribution in [0.2, 0.25) is 0 Å². The summed E-state index contributed by atoms with van der Waals surface area (Å²) in [4.78, 5) is 10.4. The van der Waals surface area contributed by atoms with Crippen LogP contribution in [0.4, 0.5) is 0 Å². The first-order valence-electron chi connectivity index (χ1n) is 6.04. The van der Waals surface area contributed by atoms with Gasteiger partial charge >= 0.3 is 0 Å². The fourth-order valence-corrected chi connectivity index (χ4v) is 2.53. The lowest BCUT2D eigenvalue weighted by Gasteiger charge is -2.06. The molecule has 0 amide bonds. The van der Waals surface area contributed by atoms with Gasteiger partial charge in [0, 0.05) is 19.5 Å². The lowest BCUT2D eigenvalue weighted by Crippen LogP contribution is -2.31. The van der Waals surface area contributed by atoms with Crippen LogP contribution in [0, 0.1) is 10.1 Å². The Hall–Kier alpha value is -1.63. The van der Waals surface area contributed by atoms with Crippen molar-refractivity contribution in [2.75, 3.05) is 13.1 Å². The first kappa shape index (κ1) is 12.8. The number of nitrogens with one attached hydrogen (secondary N) is 2. The number of hydrogen-bond acceptors (Lipinski definition) is 5. The molecule has 7 heteroatoms. The van der Waals surface area contributed by atoms with E-state index in [1.807, 2.05) is 0 Å². The van der Waals surface area contributed by atoms with Gasteiger partial charge in [0.15, 0.2) is 12.0 Å². The average Bonchev–Trinajstić information content (AvgIpc) is 2.98. The molecule has 0 aromatic carbocycles. The second kappa shape index (κ2) is 6.34. The molecule has 98 valence electrons. The van der Waals surface area contributed by atoms with Crippen LogP contribution >= 0.6 is 11.3 Å². The molecule has 18 heavy (non-hydrogen) atoms. The highest BCUT2D eigenvalue weighted by molar-refractivity contribution is 7.07. The van der Waals surface area contributed by atoms with Crippen LogP contribution in [0.15, 0.2) is 28.6 Å². The van der Waals surface area contributed by atoms with Crippen LogP contribution in [-0.2, 0) is 6.54 Å². The Balaban J connectivity index is 1.66. The topological polar surface area (TPSA) is 71.1 Å². The summed E-state index contributed by atoms with van der Waals surface area (Å²) in [5.74, 6) is 0.600. The number of rotatable bonds is 7. The minimum atomic E-state index is -0.302. The molecule has 1 aliphatic rings. The van der Waals surface area contributed by atoms with E-state index >= 15 is 0 Å². The Morgan fingerprint density at radius 3 is 3.17 bits per heavy atom. The maximum Gasteiger partial charge on any atom is 0.287 e. The highest BCUT2D eigenvalue weighted by Crippen LogP contribution is 2.11. The van der Waals surface area contributed by atoms with E-state index in [0.29, 0.717) is 18.8 Å². The molecule has 2 N–H and O–H groups in total. The highest BCUT2D eigenvalue weighted by atomic mass is 32.1. The molecule has 1 aromatic heterocycles. The molecule has 0 atom stereocenters. The number of nitro groups is 1. The largest absolute Gasteiger partial charge is 0.367 e. The van der Waals surface area contributed by atoms with Crippen LogP contribution < -0.4 is 15.2 Å². The van der Waals surface area contributed by atoms with Gasteiger partial charge in [-0.25, -0.2) is 0 Å². The van der Waals surface area contributed by atoms with Crippen molar-refractivity contribution in [1.29, 1.82) is 0 Å². The van der Waals surface area contributed by atoms with Gasteiger partial charge in [-0.2, -0.15) is 4.57 Å². The Labute approximate surface area is 109 Å². The van der Waals surface area contributed by atoms with E-state index in [-0.39, 0.29) is 10.6 Å². The molecule has 0 saturated heterocycles. The van der Waals surface area contributed by atoms with Gasteiger partial charge in [-0.05, 0) is 6.42 Å². The first-order chi connectivity index (χ1) is 8.77. The normalized spacial score (nSPS) is 14.7. The summed E-state index contributed by atoms with van der Waals surface area (Å²) in [6.45, 7) is 2.42. The van der Waals surface area contributed by atoms with Crippen molar-refractivity contribution >= 4 is 11.3 Å². The third-order valence-corrected chi connectivity index (χ3v) is 3.52.